The Kier molecular flexibility index (Phi) is 3.57. The lowest BCUT2D eigenvalue weighted by molar-refractivity contribution is 0.226. The Labute approximate surface area is 124 Å². The number of benzene rings is 1. The summed E-state index contributed by atoms with van der Waals surface area (Å²) in [6, 6.07) is 3.67. The van der Waals surface area contributed by atoms with Gasteiger partial charge in [0.15, 0.2) is 0 Å². The second kappa shape index (κ2) is 5.06. The molecule has 1 aromatic carbocycles. The monoisotopic (exact) mass is 298 g/mol. The second-order valence-corrected chi connectivity index (χ2v) is 6.83. The van der Waals surface area contributed by atoms with Crippen LogP contribution in [0.2, 0.25) is 10.0 Å². The number of halogens is 2. The van der Waals surface area contributed by atoms with E-state index >= 15 is 0 Å². The first-order chi connectivity index (χ1) is 9.10. The molecule has 2 aliphatic rings. The highest BCUT2D eigenvalue weighted by Crippen LogP contribution is 2.47. The van der Waals surface area contributed by atoms with Gasteiger partial charge in [-0.25, -0.2) is 0 Å². The summed E-state index contributed by atoms with van der Waals surface area (Å²) in [6.45, 7) is 2.17. The molecule has 0 unspecified atom stereocenters. The highest BCUT2D eigenvalue weighted by molar-refractivity contribution is 6.42. The lowest BCUT2D eigenvalue weighted by Gasteiger charge is -2.41. The van der Waals surface area contributed by atoms with Gasteiger partial charge in [0.25, 0.3) is 0 Å². The van der Waals surface area contributed by atoms with Gasteiger partial charge in [0.1, 0.15) is 0 Å². The molecular weight excluding hydrogens is 279 g/mol. The molecule has 1 spiro atoms. The predicted octanol–water partition coefficient (Wildman–Crippen LogP) is 4.74. The van der Waals surface area contributed by atoms with Gasteiger partial charge in [-0.2, -0.15) is 0 Å². The molecule has 4 heteroatoms. The first kappa shape index (κ1) is 13.4. The van der Waals surface area contributed by atoms with Crippen LogP contribution in [0.15, 0.2) is 12.1 Å². The molecule has 1 aliphatic carbocycles. The minimum absolute atomic E-state index is 0.534. The topological polar surface area (TPSA) is 29.3 Å². The first-order valence-corrected chi connectivity index (χ1v) is 7.85. The number of anilines is 2. The molecule has 0 aromatic heterocycles. The van der Waals surface area contributed by atoms with Gasteiger partial charge in [-0.15, -0.1) is 0 Å². The van der Waals surface area contributed by atoms with E-state index in [4.69, 9.17) is 28.9 Å². The Morgan fingerprint density at radius 2 is 1.53 bits per heavy atom. The van der Waals surface area contributed by atoms with Crippen LogP contribution in [0.1, 0.15) is 38.5 Å². The molecule has 19 heavy (non-hydrogen) atoms. The van der Waals surface area contributed by atoms with Crippen molar-refractivity contribution < 1.29 is 0 Å². The van der Waals surface area contributed by atoms with E-state index in [0.29, 0.717) is 15.5 Å². The largest absolute Gasteiger partial charge is 0.397 e. The number of nitrogens with two attached hydrogens (primary N) is 1. The predicted molar refractivity (Wildman–Crippen MR) is 83.2 cm³/mol. The minimum atomic E-state index is 0.534. The second-order valence-electron chi connectivity index (χ2n) is 6.02. The van der Waals surface area contributed by atoms with E-state index in [2.05, 4.69) is 4.90 Å². The van der Waals surface area contributed by atoms with Crippen molar-refractivity contribution in [3.8, 4) is 0 Å². The molecule has 1 aromatic rings. The van der Waals surface area contributed by atoms with Crippen LogP contribution in [0, 0.1) is 5.41 Å². The minimum Gasteiger partial charge on any atom is -0.397 e. The van der Waals surface area contributed by atoms with Crippen LogP contribution in [0.25, 0.3) is 0 Å². The summed E-state index contributed by atoms with van der Waals surface area (Å²) >= 11 is 12.1. The average molecular weight is 299 g/mol. The summed E-state index contributed by atoms with van der Waals surface area (Å²) in [6.07, 6.45) is 8.22. The third-order valence-electron chi connectivity index (χ3n) is 4.90. The number of hydrogen-bond acceptors (Lipinski definition) is 2. The van der Waals surface area contributed by atoms with E-state index < -0.39 is 0 Å². The molecule has 1 saturated heterocycles. The zero-order chi connectivity index (χ0) is 13.5. The van der Waals surface area contributed by atoms with Crippen molar-refractivity contribution in [3.63, 3.8) is 0 Å². The van der Waals surface area contributed by atoms with Crippen LogP contribution in [-0.4, -0.2) is 13.1 Å². The molecule has 0 atom stereocenters. The van der Waals surface area contributed by atoms with Crippen LogP contribution < -0.4 is 10.6 Å². The summed E-state index contributed by atoms with van der Waals surface area (Å²) in [5, 5.41) is 1.12. The van der Waals surface area contributed by atoms with Crippen molar-refractivity contribution in [2.45, 2.75) is 38.5 Å². The van der Waals surface area contributed by atoms with Crippen molar-refractivity contribution in [3.05, 3.63) is 22.2 Å². The van der Waals surface area contributed by atoms with Gasteiger partial charge in [0.05, 0.1) is 21.4 Å². The Balaban J connectivity index is 1.76. The van der Waals surface area contributed by atoms with E-state index in [0.717, 1.165) is 24.5 Å². The third kappa shape index (κ3) is 2.53. The van der Waals surface area contributed by atoms with Crippen LogP contribution in [-0.2, 0) is 0 Å². The molecule has 2 fully saturated rings. The molecule has 1 aliphatic heterocycles. The number of piperidine rings is 1. The van der Waals surface area contributed by atoms with Crippen molar-refractivity contribution in [2.24, 2.45) is 5.41 Å². The third-order valence-corrected chi connectivity index (χ3v) is 5.62. The van der Waals surface area contributed by atoms with Crippen LogP contribution in [0.4, 0.5) is 11.4 Å². The molecule has 3 rings (SSSR count). The zero-order valence-electron chi connectivity index (χ0n) is 11.1. The molecule has 2 N–H and O–H groups in total. The maximum Gasteiger partial charge on any atom is 0.0615 e. The molecule has 2 nitrogen and oxygen atoms in total. The molecule has 0 bridgehead atoms. The number of hydrogen-bond donors (Lipinski definition) is 1. The van der Waals surface area contributed by atoms with E-state index in [1.165, 1.54) is 38.5 Å². The fourth-order valence-corrected chi connectivity index (χ4v) is 4.00. The average Bonchev–Trinajstić information content (AvgIpc) is 2.84. The molecule has 0 radical (unpaired) electrons. The van der Waals surface area contributed by atoms with Gasteiger partial charge in [-0.1, -0.05) is 36.0 Å². The summed E-state index contributed by atoms with van der Waals surface area (Å²) in [7, 11) is 0. The fraction of sp³-hybridized carbons (Fsp3) is 0.600. The summed E-state index contributed by atoms with van der Waals surface area (Å²) in [4.78, 5) is 2.36. The van der Waals surface area contributed by atoms with Crippen molar-refractivity contribution in [1.82, 2.24) is 0 Å². The lowest BCUT2D eigenvalue weighted by atomic mass is 9.77. The van der Waals surface area contributed by atoms with Crippen LogP contribution in [0.5, 0.6) is 0 Å². The molecular formula is C15H20Cl2N2. The van der Waals surface area contributed by atoms with Crippen molar-refractivity contribution in [2.75, 3.05) is 23.7 Å². The van der Waals surface area contributed by atoms with Gasteiger partial charge < -0.3 is 10.6 Å². The maximum atomic E-state index is 6.11. The zero-order valence-corrected chi connectivity index (χ0v) is 12.6. The number of nitrogen functional groups attached to an aromatic ring is 1. The van der Waals surface area contributed by atoms with Gasteiger partial charge >= 0.3 is 0 Å². The van der Waals surface area contributed by atoms with Gasteiger partial charge in [-0.3, -0.25) is 0 Å². The standard InChI is InChI=1S/C15H20Cl2N2/c16-11-9-13(18)14(10-12(11)17)19-7-5-15(6-8-19)3-1-2-4-15/h9-10H,1-8,18H2. The Hall–Kier alpha value is -0.600. The van der Waals surface area contributed by atoms with Crippen LogP contribution in [0.3, 0.4) is 0 Å². The van der Waals surface area contributed by atoms with Gasteiger partial charge in [0, 0.05) is 13.1 Å². The molecule has 1 saturated carbocycles. The van der Waals surface area contributed by atoms with E-state index in [1.807, 2.05) is 6.07 Å². The molecule has 1 heterocycles. The van der Waals surface area contributed by atoms with Gasteiger partial charge in [0.2, 0.25) is 0 Å². The van der Waals surface area contributed by atoms with Crippen molar-refractivity contribution >= 4 is 34.6 Å². The first-order valence-electron chi connectivity index (χ1n) is 7.09. The number of nitrogens with zero attached hydrogens (tertiary/aromatic N) is 1. The summed E-state index contributed by atoms with van der Waals surface area (Å²) in [5.74, 6) is 0. The maximum absolute atomic E-state index is 6.11. The summed E-state index contributed by atoms with van der Waals surface area (Å²) in [5.41, 5.74) is 8.48. The Bertz CT molecular complexity index is 471. The SMILES string of the molecule is Nc1cc(Cl)c(Cl)cc1N1CCC2(CCCC2)CC1. The van der Waals surface area contributed by atoms with Crippen molar-refractivity contribution in [1.29, 1.82) is 0 Å². The van der Waals surface area contributed by atoms with E-state index in [1.54, 1.807) is 6.07 Å². The highest BCUT2D eigenvalue weighted by Gasteiger charge is 2.37. The van der Waals surface area contributed by atoms with Gasteiger partial charge in [-0.05, 0) is 43.2 Å². The Morgan fingerprint density at radius 3 is 2.16 bits per heavy atom. The lowest BCUT2D eigenvalue weighted by Crippen LogP contribution is -2.39. The molecule has 104 valence electrons. The normalized spacial score (nSPS) is 22.1. The fourth-order valence-electron chi connectivity index (χ4n) is 3.67. The highest BCUT2D eigenvalue weighted by atomic mass is 35.5. The smallest absolute Gasteiger partial charge is 0.0615 e. The number of rotatable bonds is 1. The quantitative estimate of drug-likeness (QED) is 0.759. The van der Waals surface area contributed by atoms with E-state index in [-0.39, 0.29) is 0 Å². The van der Waals surface area contributed by atoms with E-state index in [9.17, 15) is 0 Å². The van der Waals surface area contributed by atoms with Crippen LogP contribution >= 0.6 is 23.2 Å². The summed E-state index contributed by atoms with van der Waals surface area (Å²) < 4.78 is 0. The molecule has 0 amide bonds. The Morgan fingerprint density at radius 1 is 0.947 bits per heavy atom.